The van der Waals surface area contributed by atoms with Crippen LogP contribution in [-0.2, 0) is 9.59 Å². The molecule has 2 aliphatic heterocycles. The Morgan fingerprint density at radius 3 is 2.88 bits per heavy atom. The maximum atomic E-state index is 11.7. The highest BCUT2D eigenvalue weighted by atomic mass is 16.5. The number of likely N-dealkylation sites (tertiary alicyclic amines) is 1. The van der Waals surface area contributed by atoms with Crippen LogP contribution in [-0.4, -0.2) is 60.5 Å². The van der Waals surface area contributed by atoms with Crippen LogP contribution in [0.2, 0.25) is 0 Å². The zero-order chi connectivity index (χ0) is 16.9. The fourth-order valence-electron chi connectivity index (χ4n) is 3.30. The number of amides is 2. The molecule has 2 aliphatic rings. The van der Waals surface area contributed by atoms with Crippen LogP contribution < -0.4 is 15.0 Å². The standard InChI is InChI=1S/C17H24N4O3/c1-13(22)19-16(23)12-20-10-6-14(11-20)24-15-5-4-7-18-17(15)21-8-2-3-9-21/h4-5,7,14H,2-3,6,8-12H2,1H3,(H,19,22,23)/t14-/m1/s1. The first-order valence-corrected chi connectivity index (χ1v) is 8.51. The first-order valence-electron chi connectivity index (χ1n) is 8.51. The van der Waals surface area contributed by atoms with Gasteiger partial charge < -0.3 is 9.64 Å². The SMILES string of the molecule is CC(=O)NC(=O)CN1CC[C@@H](Oc2cccnc2N2CCCC2)C1. The second kappa shape index (κ2) is 7.61. The van der Waals surface area contributed by atoms with E-state index in [0.717, 1.165) is 37.6 Å². The third-order valence-electron chi connectivity index (χ3n) is 4.36. The molecule has 1 aromatic heterocycles. The van der Waals surface area contributed by atoms with Gasteiger partial charge in [0.15, 0.2) is 11.6 Å². The third kappa shape index (κ3) is 4.23. The molecule has 0 aromatic carbocycles. The Bertz CT molecular complexity index is 601. The number of nitrogens with zero attached hydrogens (tertiary/aromatic N) is 3. The minimum absolute atomic E-state index is 0.0423. The normalized spacial score (nSPS) is 21.0. The second-order valence-corrected chi connectivity index (χ2v) is 6.39. The van der Waals surface area contributed by atoms with E-state index in [4.69, 9.17) is 4.74 Å². The summed E-state index contributed by atoms with van der Waals surface area (Å²) in [4.78, 5) is 31.3. The Morgan fingerprint density at radius 1 is 1.33 bits per heavy atom. The van der Waals surface area contributed by atoms with Gasteiger partial charge >= 0.3 is 0 Å². The molecule has 7 heteroatoms. The van der Waals surface area contributed by atoms with Crippen LogP contribution in [0.1, 0.15) is 26.2 Å². The van der Waals surface area contributed by atoms with Gasteiger partial charge in [-0.1, -0.05) is 0 Å². The largest absolute Gasteiger partial charge is 0.485 e. The smallest absolute Gasteiger partial charge is 0.240 e. The molecule has 3 rings (SSSR count). The van der Waals surface area contributed by atoms with Crippen LogP contribution in [0.5, 0.6) is 5.75 Å². The number of hydrogen-bond acceptors (Lipinski definition) is 6. The van der Waals surface area contributed by atoms with Gasteiger partial charge in [0.25, 0.3) is 0 Å². The van der Waals surface area contributed by atoms with E-state index < -0.39 is 0 Å². The summed E-state index contributed by atoms with van der Waals surface area (Å²) in [6.07, 6.45) is 5.09. The first-order chi connectivity index (χ1) is 11.6. The third-order valence-corrected chi connectivity index (χ3v) is 4.36. The summed E-state index contributed by atoms with van der Waals surface area (Å²) in [5, 5.41) is 2.30. The van der Waals surface area contributed by atoms with Crippen LogP contribution in [0.25, 0.3) is 0 Å². The topological polar surface area (TPSA) is 74.8 Å². The Labute approximate surface area is 142 Å². The van der Waals surface area contributed by atoms with Crippen molar-refractivity contribution in [1.29, 1.82) is 0 Å². The molecular formula is C17H24N4O3. The van der Waals surface area contributed by atoms with Gasteiger partial charge in [0.2, 0.25) is 11.8 Å². The second-order valence-electron chi connectivity index (χ2n) is 6.39. The molecular weight excluding hydrogens is 308 g/mol. The Kier molecular flexibility index (Phi) is 5.30. The van der Waals surface area contributed by atoms with E-state index in [1.54, 1.807) is 6.20 Å². The Hall–Kier alpha value is -2.15. The maximum Gasteiger partial charge on any atom is 0.240 e. The van der Waals surface area contributed by atoms with E-state index in [-0.39, 0.29) is 24.5 Å². The highest BCUT2D eigenvalue weighted by Crippen LogP contribution is 2.30. The molecule has 2 fully saturated rings. The summed E-state index contributed by atoms with van der Waals surface area (Å²) in [6, 6.07) is 3.85. The minimum Gasteiger partial charge on any atom is -0.485 e. The lowest BCUT2D eigenvalue weighted by molar-refractivity contribution is -0.129. The number of pyridine rings is 1. The van der Waals surface area contributed by atoms with Gasteiger partial charge in [0.1, 0.15) is 6.10 Å². The monoisotopic (exact) mass is 332 g/mol. The van der Waals surface area contributed by atoms with E-state index in [1.165, 1.54) is 19.8 Å². The highest BCUT2D eigenvalue weighted by molar-refractivity contribution is 5.94. The van der Waals surface area contributed by atoms with Crippen molar-refractivity contribution < 1.29 is 14.3 Å². The van der Waals surface area contributed by atoms with Gasteiger partial charge in [-0.25, -0.2) is 4.98 Å². The number of nitrogens with one attached hydrogen (secondary N) is 1. The fraction of sp³-hybridized carbons (Fsp3) is 0.588. The summed E-state index contributed by atoms with van der Waals surface area (Å²) < 4.78 is 6.17. The number of carbonyl (C=O) groups is 2. The predicted molar refractivity (Wildman–Crippen MR) is 90.0 cm³/mol. The molecule has 7 nitrogen and oxygen atoms in total. The summed E-state index contributed by atoms with van der Waals surface area (Å²) in [7, 11) is 0. The van der Waals surface area contributed by atoms with Gasteiger partial charge in [0, 0.05) is 39.3 Å². The number of hydrogen-bond donors (Lipinski definition) is 1. The van der Waals surface area contributed by atoms with Gasteiger partial charge in [-0.2, -0.15) is 0 Å². The van der Waals surface area contributed by atoms with Gasteiger partial charge in [-0.15, -0.1) is 0 Å². The first kappa shape index (κ1) is 16.7. The number of imide groups is 1. The summed E-state index contributed by atoms with van der Waals surface area (Å²) in [6.45, 7) is 5.08. The quantitative estimate of drug-likeness (QED) is 0.860. The molecule has 1 atom stereocenters. The van der Waals surface area contributed by atoms with Crippen LogP contribution >= 0.6 is 0 Å². The van der Waals surface area contributed by atoms with Crippen molar-refractivity contribution in [1.82, 2.24) is 15.2 Å². The lowest BCUT2D eigenvalue weighted by atomic mass is 10.3. The number of ether oxygens (including phenoxy) is 1. The molecule has 0 saturated carbocycles. The van der Waals surface area contributed by atoms with Gasteiger partial charge in [-0.3, -0.25) is 19.8 Å². The molecule has 0 spiro atoms. The maximum absolute atomic E-state index is 11.7. The van der Waals surface area contributed by atoms with E-state index >= 15 is 0 Å². The highest BCUT2D eigenvalue weighted by Gasteiger charge is 2.27. The molecule has 0 bridgehead atoms. The lowest BCUT2D eigenvalue weighted by Crippen LogP contribution is -2.38. The average Bonchev–Trinajstić information content (AvgIpc) is 3.19. The van der Waals surface area contributed by atoms with E-state index in [9.17, 15) is 9.59 Å². The van der Waals surface area contributed by atoms with Crippen molar-refractivity contribution in [3.63, 3.8) is 0 Å². The molecule has 1 N–H and O–H groups in total. The van der Waals surface area contributed by atoms with Crippen LogP contribution in [0.3, 0.4) is 0 Å². The number of aromatic nitrogens is 1. The fourth-order valence-corrected chi connectivity index (χ4v) is 3.30. The molecule has 3 heterocycles. The Morgan fingerprint density at radius 2 is 2.12 bits per heavy atom. The van der Waals surface area contributed by atoms with Crippen molar-refractivity contribution >= 4 is 17.6 Å². The van der Waals surface area contributed by atoms with Gasteiger partial charge in [0.05, 0.1) is 6.54 Å². The van der Waals surface area contributed by atoms with Crippen LogP contribution in [0, 0.1) is 0 Å². The molecule has 0 radical (unpaired) electrons. The van der Waals surface area contributed by atoms with Crippen molar-refractivity contribution in [2.45, 2.75) is 32.3 Å². The van der Waals surface area contributed by atoms with E-state index in [2.05, 4.69) is 15.2 Å². The average molecular weight is 332 g/mol. The molecule has 0 unspecified atom stereocenters. The molecule has 2 saturated heterocycles. The lowest BCUT2D eigenvalue weighted by Gasteiger charge is -2.22. The van der Waals surface area contributed by atoms with Crippen molar-refractivity contribution in [3.8, 4) is 5.75 Å². The van der Waals surface area contributed by atoms with E-state index in [0.29, 0.717) is 6.54 Å². The van der Waals surface area contributed by atoms with E-state index in [1.807, 2.05) is 17.0 Å². The predicted octanol–water partition coefficient (Wildman–Crippen LogP) is 0.798. The minimum atomic E-state index is -0.322. The van der Waals surface area contributed by atoms with Crippen molar-refractivity contribution in [2.75, 3.05) is 37.6 Å². The molecule has 24 heavy (non-hydrogen) atoms. The number of carbonyl (C=O) groups excluding carboxylic acids is 2. The van der Waals surface area contributed by atoms with Crippen LogP contribution in [0.4, 0.5) is 5.82 Å². The molecule has 130 valence electrons. The zero-order valence-corrected chi connectivity index (χ0v) is 14.0. The van der Waals surface area contributed by atoms with Crippen molar-refractivity contribution in [3.05, 3.63) is 18.3 Å². The number of rotatable bonds is 5. The molecule has 2 amide bonds. The summed E-state index contributed by atoms with van der Waals surface area (Å²) in [5.41, 5.74) is 0. The summed E-state index contributed by atoms with van der Waals surface area (Å²) >= 11 is 0. The van der Waals surface area contributed by atoms with Crippen molar-refractivity contribution in [2.24, 2.45) is 0 Å². The zero-order valence-electron chi connectivity index (χ0n) is 14.0. The molecule has 0 aliphatic carbocycles. The molecule has 1 aromatic rings. The summed E-state index contributed by atoms with van der Waals surface area (Å²) in [5.74, 6) is 1.15. The van der Waals surface area contributed by atoms with Gasteiger partial charge in [-0.05, 0) is 31.4 Å². The number of anilines is 1. The van der Waals surface area contributed by atoms with Crippen LogP contribution in [0.15, 0.2) is 18.3 Å². The Balaban J connectivity index is 1.56.